The Morgan fingerprint density at radius 3 is 1.89 bits per heavy atom. The van der Waals surface area contributed by atoms with E-state index < -0.39 is 0 Å². The van der Waals surface area contributed by atoms with Crippen LogP contribution in [0.2, 0.25) is 0 Å². The largest absolute Gasteiger partial charge is 0.457 e. The molecular formula is C56H50N4O. The Labute approximate surface area is 359 Å². The Hall–Kier alpha value is -7.11. The zero-order chi connectivity index (χ0) is 41.9. The molecular weight excluding hydrogens is 745 g/mol. The molecule has 3 heterocycles. The molecule has 300 valence electrons. The molecule has 61 heavy (non-hydrogen) atoms. The van der Waals surface area contributed by atoms with Crippen molar-refractivity contribution in [1.82, 2.24) is 9.55 Å². The maximum absolute atomic E-state index is 6.80. The van der Waals surface area contributed by atoms with Gasteiger partial charge in [0.1, 0.15) is 24.0 Å². The quantitative estimate of drug-likeness (QED) is 0.161. The number of fused-ring (bicyclic) bond motifs is 4. The van der Waals surface area contributed by atoms with Gasteiger partial charge < -0.3 is 14.5 Å². The maximum atomic E-state index is 6.80. The molecule has 2 aromatic heterocycles. The molecule has 0 unspecified atom stereocenters. The summed E-state index contributed by atoms with van der Waals surface area (Å²) in [6.45, 7) is 14.2. The molecule has 0 spiro atoms. The first kappa shape index (κ1) is 38.1. The number of hydrogen-bond donors (Lipinski definition) is 0. The zero-order valence-electron chi connectivity index (χ0n) is 35.7. The second kappa shape index (κ2) is 14.9. The lowest BCUT2D eigenvalue weighted by Gasteiger charge is -2.28. The predicted molar refractivity (Wildman–Crippen MR) is 255 cm³/mol. The van der Waals surface area contributed by atoms with Crippen LogP contribution in [-0.4, -0.2) is 16.2 Å². The number of anilines is 4. The fourth-order valence-corrected chi connectivity index (χ4v) is 8.79. The van der Waals surface area contributed by atoms with E-state index in [0.717, 1.165) is 45.1 Å². The van der Waals surface area contributed by atoms with Crippen LogP contribution in [0.1, 0.15) is 52.7 Å². The summed E-state index contributed by atoms with van der Waals surface area (Å²) in [5.74, 6) is 2.43. The number of ether oxygens (including phenoxy) is 1. The highest BCUT2D eigenvalue weighted by Crippen LogP contribution is 2.52. The van der Waals surface area contributed by atoms with E-state index in [2.05, 4.69) is 226 Å². The summed E-state index contributed by atoms with van der Waals surface area (Å²) < 4.78 is 9.07. The Balaban J connectivity index is 1.07. The molecule has 10 rings (SSSR count). The number of pyridine rings is 1. The van der Waals surface area contributed by atoms with Crippen molar-refractivity contribution in [2.75, 3.05) is 16.5 Å². The summed E-state index contributed by atoms with van der Waals surface area (Å²) in [5, 5.41) is 2.35. The van der Waals surface area contributed by atoms with Gasteiger partial charge >= 0.3 is 0 Å². The zero-order valence-corrected chi connectivity index (χ0v) is 35.7. The SMILES string of the molecule is CC(C)(C)c1ccnc(-n2c3ccccc3c3ccc(Oc4cccc(N5CN(c6cc(C(C)(C)C)ccc6-c6ccccc6)c6c(-c7ccccc7)cccc65)c4)cc32)c1. The van der Waals surface area contributed by atoms with Gasteiger partial charge in [0.2, 0.25) is 0 Å². The number of rotatable bonds is 7. The fraction of sp³-hybridized carbons (Fsp3) is 0.161. The van der Waals surface area contributed by atoms with E-state index in [9.17, 15) is 0 Å². The first-order valence-corrected chi connectivity index (χ1v) is 21.2. The Morgan fingerprint density at radius 2 is 1.13 bits per heavy atom. The smallest absolute Gasteiger partial charge is 0.137 e. The number of aromatic nitrogens is 2. The molecule has 0 saturated carbocycles. The topological polar surface area (TPSA) is 33.5 Å². The molecule has 0 bridgehead atoms. The van der Waals surface area contributed by atoms with Crippen LogP contribution in [0.25, 0.3) is 49.9 Å². The fourth-order valence-electron chi connectivity index (χ4n) is 8.79. The van der Waals surface area contributed by atoms with Gasteiger partial charge in [-0.1, -0.05) is 151 Å². The minimum Gasteiger partial charge on any atom is -0.457 e. The lowest BCUT2D eigenvalue weighted by molar-refractivity contribution is 0.483. The molecule has 0 radical (unpaired) electrons. The van der Waals surface area contributed by atoms with Crippen molar-refractivity contribution in [3.05, 3.63) is 193 Å². The average Bonchev–Trinajstić information content (AvgIpc) is 3.83. The Bertz CT molecular complexity index is 3060. The van der Waals surface area contributed by atoms with Crippen LogP contribution < -0.4 is 14.5 Å². The first-order valence-electron chi connectivity index (χ1n) is 21.2. The van der Waals surface area contributed by atoms with Gasteiger partial charge in [-0.3, -0.25) is 4.57 Å². The number of hydrogen-bond acceptors (Lipinski definition) is 4. The highest BCUT2D eigenvalue weighted by atomic mass is 16.5. The van der Waals surface area contributed by atoms with Crippen molar-refractivity contribution in [1.29, 1.82) is 0 Å². The molecule has 0 aliphatic carbocycles. The third kappa shape index (κ3) is 7.00. The van der Waals surface area contributed by atoms with E-state index in [-0.39, 0.29) is 10.8 Å². The normalized spacial score (nSPS) is 13.0. The van der Waals surface area contributed by atoms with Crippen molar-refractivity contribution >= 4 is 44.6 Å². The summed E-state index contributed by atoms with van der Waals surface area (Å²) in [4.78, 5) is 9.82. The second-order valence-corrected chi connectivity index (χ2v) is 18.2. The monoisotopic (exact) mass is 794 g/mol. The third-order valence-electron chi connectivity index (χ3n) is 12.0. The van der Waals surface area contributed by atoms with E-state index in [1.165, 1.54) is 50.1 Å². The standard InChI is InChI=1S/C56H50N4O/c1-55(2,3)40-27-29-45(38-17-9-7-10-18-38)51(33-40)59-37-58(50-26-16-24-46(54(50)59)39-19-11-8-12-20-39)42-21-15-22-43(35-42)61-44-28-30-48-47-23-13-14-25-49(47)60(52(48)36-44)53-34-41(31-32-57-53)56(4,5)6/h7-36H,37H2,1-6H3. The van der Waals surface area contributed by atoms with E-state index in [4.69, 9.17) is 9.72 Å². The number of benzene rings is 7. The van der Waals surface area contributed by atoms with Crippen molar-refractivity contribution < 1.29 is 4.74 Å². The van der Waals surface area contributed by atoms with Gasteiger partial charge in [-0.15, -0.1) is 0 Å². The molecule has 0 N–H and O–H groups in total. The Kier molecular flexibility index (Phi) is 9.29. The molecule has 9 aromatic rings. The van der Waals surface area contributed by atoms with Gasteiger partial charge in [-0.25, -0.2) is 4.98 Å². The molecule has 1 aliphatic rings. The Morgan fingerprint density at radius 1 is 0.475 bits per heavy atom. The molecule has 5 heteroatoms. The predicted octanol–water partition coefficient (Wildman–Crippen LogP) is 15.1. The maximum Gasteiger partial charge on any atom is 0.137 e. The minimum absolute atomic E-state index is 0.00755. The molecule has 0 atom stereocenters. The van der Waals surface area contributed by atoms with Crippen molar-refractivity contribution in [2.24, 2.45) is 0 Å². The lowest BCUT2D eigenvalue weighted by Crippen LogP contribution is -2.25. The van der Waals surface area contributed by atoms with Crippen LogP contribution in [0.3, 0.4) is 0 Å². The van der Waals surface area contributed by atoms with Crippen LogP contribution in [0, 0.1) is 0 Å². The van der Waals surface area contributed by atoms with Crippen LogP contribution in [-0.2, 0) is 10.8 Å². The summed E-state index contributed by atoms with van der Waals surface area (Å²) >= 11 is 0. The molecule has 0 fully saturated rings. The van der Waals surface area contributed by atoms with Gasteiger partial charge in [0.25, 0.3) is 0 Å². The van der Waals surface area contributed by atoms with Crippen LogP contribution >= 0.6 is 0 Å². The molecule has 0 saturated heterocycles. The number of nitrogens with zero attached hydrogens (tertiary/aromatic N) is 4. The summed E-state index contributed by atoms with van der Waals surface area (Å²) in [6.07, 6.45) is 1.92. The van der Waals surface area contributed by atoms with Gasteiger partial charge in [0, 0.05) is 45.9 Å². The minimum atomic E-state index is -0.0266. The number of para-hydroxylation sites is 2. The molecule has 5 nitrogen and oxygen atoms in total. The highest BCUT2D eigenvalue weighted by Gasteiger charge is 2.33. The van der Waals surface area contributed by atoms with Crippen molar-refractivity contribution in [3.63, 3.8) is 0 Å². The van der Waals surface area contributed by atoms with Gasteiger partial charge in [-0.05, 0) is 87.7 Å². The van der Waals surface area contributed by atoms with E-state index in [1.54, 1.807) is 0 Å². The first-order chi connectivity index (χ1) is 29.5. The van der Waals surface area contributed by atoms with Crippen molar-refractivity contribution in [3.8, 4) is 39.6 Å². The van der Waals surface area contributed by atoms with E-state index in [0.29, 0.717) is 6.67 Å². The van der Waals surface area contributed by atoms with E-state index in [1.807, 2.05) is 12.3 Å². The van der Waals surface area contributed by atoms with Crippen LogP contribution in [0.15, 0.2) is 182 Å². The second-order valence-electron chi connectivity index (χ2n) is 18.2. The van der Waals surface area contributed by atoms with Gasteiger partial charge in [-0.2, -0.15) is 0 Å². The van der Waals surface area contributed by atoms with Gasteiger partial charge in [0.15, 0.2) is 0 Å². The van der Waals surface area contributed by atoms with Crippen LogP contribution in [0.5, 0.6) is 11.5 Å². The molecule has 1 aliphatic heterocycles. The lowest BCUT2D eigenvalue weighted by atomic mass is 9.85. The highest BCUT2D eigenvalue weighted by molar-refractivity contribution is 6.09. The molecule has 7 aromatic carbocycles. The summed E-state index contributed by atoms with van der Waals surface area (Å²) in [5.41, 5.74) is 14.0. The third-order valence-corrected chi connectivity index (χ3v) is 12.0. The molecule has 0 amide bonds. The van der Waals surface area contributed by atoms with E-state index >= 15 is 0 Å². The summed E-state index contributed by atoms with van der Waals surface area (Å²) in [6, 6.07) is 63.0. The van der Waals surface area contributed by atoms with Gasteiger partial charge in [0.05, 0.1) is 28.1 Å². The average molecular weight is 795 g/mol. The summed E-state index contributed by atoms with van der Waals surface area (Å²) in [7, 11) is 0. The van der Waals surface area contributed by atoms with Crippen molar-refractivity contribution in [2.45, 2.75) is 52.4 Å². The van der Waals surface area contributed by atoms with Crippen LogP contribution in [0.4, 0.5) is 22.7 Å².